The summed E-state index contributed by atoms with van der Waals surface area (Å²) >= 11 is 0. The maximum absolute atomic E-state index is 11.8. The van der Waals surface area contributed by atoms with Gasteiger partial charge in [-0.15, -0.1) is 0 Å². The maximum atomic E-state index is 11.8. The van der Waals surface area contributed by atoms with Gasteiger partial charge in [-0.2, -0.15) is 4.98 Å². The van der Waals surface area contributed by atoms with Gasteiger partial charge in [-0.1, -0.05) is 19.1 Å². The molecule has 0 unspecified atom stereocenters. The monoisotopic (exact) mass is 383 g/mol. The Hall–Kier alpha value is -2.83. The van der Waals surface area contributed by atoms with Gasteiger partial charge in [0.25, 0.3) is 0 Å². The van der Waals surface area contributed by atoms with E-state index in [4.69, 9.17) is 4.74 Å². The third kappa shape index (κ3) is 5.34. The van der Waals surface area contributed by atoms with Crippen LogP contribution in [0.25, 0.3) is 0 Å². The summed E-state index contributed by atoms with van der Waals surface area (Å²) in [6, 6.07) is 10.5. The molecule has 150 valence electrons. The van der Waals surface area contributed by atoms with E-state index in [2.05, 4.69) is 39.7 Å². The molecule has 1 aliphatic rings. The summed E-state index contributed by atoms with van der Waals surface area (Å²) in [4.78, 5) is 22.7. The molecule has 2 heterocycles. The molecule has 28 heavy (non-hydrogen) atoms. The SMILES string of the molecule is CCOC(=O)N1CCC(Nc2cc(C)nc(Nc3ccc(CC)cc3)n2)CC1. The number of carbonyl (C=O) groups is 1. The van der Waals surface area contributed by atoms with Crippen molar-refractivity contribution in [3.63, 3.8) is 0 Å². The summed E-state index contributed by atoms with van der Waals surface area (Å²) in [5, 5.41) is 6.77. The molecule has 1 saturated heterocycles. The molecule has 0 radical (unpaired) electrons. The van der Waals surface area contributed by atoms with Crippen molar-refractivity contribution in [2.24, 2.45) is 0 Å². The Balaban J connectivity index is 1.59. The number of nitrogens with zero attached hydrogens (tertiary/aromatic N) is 3. The second kappa shape index (κ2) is 9.39. The van der Waals surface area contributed by atoms with Gasteiger partial charge in [-0.05, 0) is 50.8 Å². The largest absolute Gasteiger partial charge is 0.450 e. The van der Waals surface area contributed by atoms with Gasteiger partial charge < -0.3 is 20.3 Å². The Morgan fingerprint density at radius 1 is 1.18 bits per heavy atom. The van der Waals surface area contributed by atoms with Gasteiger partial charge in [0.1, 0.15) is 5.82 Å². The average Bonchev–Trinajstić information content (AvgIpc) is 2.69. The van der Waals surface area contributed by atoms with E-state index >= 15 is 0 Å². The number of hydrogen-bond acceptors (Lipinski definition) is 6. The van der Waals surface area contributed by atoms with E-state index in [0.29, 0.717) is 25.6 Å². The van der Waals surface area contributed by atoms with Gasteiger partial charge in [0, 0.05) is 36.6 Å². The zero-order chi connectivity index (χ0) is 19.9. The minimum Gasteiger partial charge on any atom is -0.450 e. The van der Waals surface area contributed by atoms with Crippen LogP contribution in [0, 0.1) is 6.92 Å². The third-order valence-electron chi connectivity index (χ3n) is 4.85. The number of amides is 1. The number of carbonyl (C=O) groups excluding carboxylic acids is 1. The van der Waals surface area contributed by atoms with Crippen molar-refractivity contribution < 1.29 is 9.53 Å². The van der Waals surface area contributed by atoms with Gasteiger partial charge >= 0.3 is 6.09 Å². The second-order valence-corrected chi connectivity index (χ2v) is 7.00. The van der Waals surface area contributed by atoms with Crippen LogP contribution >= 0.6 is 0 Å². The van der Waals surface area contributed by atoms with Crippen molar-refractivity contribution >= 4 is 23.5 Å². The summed E-state index contributed by atoms with van der Waals surface area (Å²) in [5.41, 5.74) is 3.16. The summed E-state index contributed by atoms with van der Waals surface area (Å²) in [5.74, 6) is 1.38. The highest BCUT2D eigenvalue weighted by atomic mass is 16.6. The number of aromatic nitrogens is 2. The lowest BCUT2D eigenvalue weighted by molar-refractivity contribution is 0.0983. The number of anilines is 3. The first-order valence-corrected chi connectivity index (χ1v) is 9.97. The van der Waals surface area contributed by atoms with Crippen LogP contribution in [-0.4, -0.2) is 46.7 Å². The fraction of sp³-hybridized carbons (Fsp3) is 0.476. The normalized spacial score (nSPS) is 14.6. The van der Waals surface area contributed by atoms with E-state index in [-0.39, 0.29) is 12.1 Å². The second-order valence-electron chi connectivity index (χ2n) is 7.00. The Morgan fingerprint density at radius 2 is 1.89 bits per heavy atom. The summed E-state index contributed by atoms with van der Waals surface area (Å²) < 4.78 is 5.08. The Kier molecular flexibility index (Phi) is 6.68. The van der Waals surface area contributed by atoms with Crippen LogP contribution in [0.3, 0.4) is 0 Å². The molecule has 1 aromatic carbocycles. The van der Waals surface area contributed by atoms with Crippen molar-refractivity contribution in [3.05, 3.63) is 41.6 Å². The topological polar surface area (TPSA) is 79.4 Å². The molecule has 7 nitrogen and oxygen atoms in total. The van der Waals surface area contributed by atoms with Crippen LogP contribution < -0.4 is 10.6 Å². The lowest BCUT2D eigenvalue weighted by Gasteiger charge is -2.31. The number of aryl methyl sites for hydroxylation is 2. The standard InChI is InChI=1S/C21H29N5O2/c1-4-16-6-8-17(9-7-16)24-20-22-15(3)14-19(25-20)23-18-10-12-26(13-11-18)21(27)28-5-2/h6-9,14,18H,4-5,10-13H2,1-3H3,(H2,22,23,24,25). The van der Waals surface area contributed by atoms with Crippen LogP contribution in [0.4, 0.5) is 22.2 Å². The molecular formula is C21H29N5O2. The van der Waals surface area contributed by atoms with Crippen LogP contribution in [0.15, 0.2) is 30.3 Å². The highest BCUT2D eigenvalue weighted by Crippen LogP contribution is 2.20. The molecule has 0 aliphatic carbocycles. The van der Waals surface area contributed by atoms with E-state index in [9.17, 15) is 4.79 Å². The molecule has 2 N–H and O–H groups in total. The molecule has 2 aromatic rings. The third-order valence-corrected chi connectivity index (χ3v) is 4.85. The van der Waals surface area contributed by atoms with Crippen molar-refractivity contribution in [1.29, 1.82) is 0 Å². The predicted molar refractivity (Wildman–Crippen MR) is 111 cm³/mol. The van der Waals surface area contributed by atoms with Crippen LogP contribution in [0.5, 0.6) is 0 Å². The lowest BCUT2D eigenvalue weighted by Crippen LogP contribution is -2.42. The predicted octanol–water partition coefficient (Wildman–Crippen LogP) is 4.12. The highest BCUT2D eigenvalue weighted by Gasteiger charge is 2.23. The first-order valence-electron chi connectivity index (χ1n) is 9.97. The molecule has 3 rings (SSSR count). The average molecular weight is 383 g/mol. The quantitative estimate of drug-likeness (QED) is 0.781. The number of likely N-dealkylation sites (tertiary alicyclic amines) is 1. The fourth-order valence-electron chi connectivity index (χ4n) is 3.28. The van der Waals surface area contributed by atoms with Crippen molar-refractivity contribution in [3.8, 4) is 0 Å². The van der Waals surface area contributed by atoms with E-state index in [1.165, 1.54) is 5.56 Å². The molecule has 1 amide bonds. The van der Waals surface area contributed by atoms with E-state index in [1.807, 2.05) is 32.0 Å². The fourth-order valence-corrected chi connectivity index (χ4v) is 3.28. The molecule has 7 heteroatoms. The van der Waals surface area contributed by atoms with E-state index < -0.39 is 0 Å². The van der Waals surface area contributed by atoms with Gasteiger partial charge in [-0.25, -0.2) is 9.78 Å². The van der Waals surface area contributed by atoms with Crippen LogP contribution in [0.2, 0.25) is 0 Å². The number of ether oxygens (including phenoxy) is 1. The van der Waals surface area contributed by atoms with Crippen LogP contribution in [0.1, 0.15) is 37.9 Å². The van der Waals surface area contributed by atoms with Gasteiger partial charge in [-0.3, -0.25) is 0 Å². The number of piperidine rings is 1. The Bertz CT molecular complexity index is 786. The van der Waals surface area contributed by atoms with Crippen molar-refractivity contribution in [2.45, 2.75) is 46.1 Å². The summed E-state index contributed by atoms with van der Waals surface area (Å²) in [6.45, 7) is 7.72. The first-order chi connectivity index (χ1) is 13.6. The molecule has 0 saturated carbocycles. The lowest BCUT2D eigenvalue weighted by atomic mass is 10.1. The molecule has 0 bridgehead atoms. The minimum atomic E-state index is -0.223. The Morgan fingerprint density at radius 3 is 2.54 bits per heavy atom. The van der Waals surface area contributed by atoms with Gasteiger partial charge in [0.15, 0.2) is 0 Å². The van der Waals surface area contributed by atoms with Crippen molar-refractivity contribution in [2.75, 3.05) is 30.3 Å². The molecule has 1 fully saturated rings. The minimum absolute atomic E-state index is 0.223. The van der Waals surface area contributed by atoms with E-state index in [0.717, 1.165) is 36.5 Å². The molecule has 0 spiro atoms. The number of benzene rings is 1. The summed E-state index contributed by atoms with van der Waals surface area (Å²) in [7, 11) is 0. The first kappa shape index (κ1) is 19.9. The number of hydrogen-bond donors (Lipinski definition) is 2. The number of nitrogens with one attached hydrogen (secondary N) is 2. The molecule has 1 aromatic heterocycles. The van der Waals surface area contributed by atoms with E-state index in [1.54, 1.807) is 4.90 Å². The highest BCUT2D eigenvalue weighted by molar-refractivity contribution is 5.67. The zero-order valence-electron chi connectivity index (χ0n) is 16.9. The molecule has 1 aliphatic heterocycles. The molecular weight excluding hydrogens is 354 g/mol. The van der Waals surface area contributed by atoms with Crippen LogP contribution in [-0.2, 0) is 11.2 Å². The maximum Gasteiger partial charge on any atom is 0.409 e. The Labute approximate surface area is 166 Å². The number of rotatable bonds is 6. The van der Waals surface area contributed by atoms with Crippen molar-refractivity contribution in [1.82, 2.24) is 14.9 Å². The van der Waals surface area contributed by atoms with Gasteiger partial charge in [0.2, 0.25) is 5.95 Å². The smallest absolute Gasteiger partial charge is 0.409 e. The zero-order valence-corrected chi connectivity index (χ0v) is 16.9. The van der Waals surface area contributed by atoms with Gasteiger partial charge in [0.05, 0.1) is 6.61 Å². The molecule has 0 atom stereocenters. The summed E-state index contributed by atoms with van der Waals surface area (Å²) in [6.07, 6.45) is 2.52.